The van der Waals surface area contributed by atoms with Crippen molar-refractivity contribution in [2.24, 2.45) is 0 Å². The standard InChI is InChI=1S/C16H11ClN6O2/c17-9-1-2-14(24)11(5-9)15-12(7-19-22-15)21-16(25)13-8-18-6-10-3-4-20-23(10)13/h1-8,24H,(H,19,22)(H,21,25). The van der Waals surface area contributed by atoms with E-state index in [1.165, 1.54) is 23.0 Å². The van der Waals surface area contributed by atoms with Crippen LogP contribution in [0.4, 0.5) is 5.69 Å². The number of rotatable bonds is 3. The number of H-pyrrole nitrogens is 1. The van der Waals surface area contributed by atoms with Crippen molar-refractivity contribution >= 4 is 28.7 Å². The second kappa shape index (κ2) is 5.91. The van der Waals surface area contributed by atoms with E-state index in [-0.39, 0.29) is 11.4 Å². The zero-order chi connectivity index (χ0) is 17.4. The molecule has 1 amide bonds. The summed E-state index contributed by atoms with van der Waals surface area (Å²) in [6, 6.07) is 6.37. The molecule has 0 aliphatic heterocycles. The number of aromatic nitrogens is 5. The molecule has 1 aromatic carbocycles. The number of aromatic hydroxyl groups is 1. The summed E-state index contributed by atoms with van der Waals surface area (Å²) in [4.78, 5) is 16.7. The number of phenols is 1. The van der Waals surface area contributed by atoms with Gasteiger partial charge >= 0.3 is 0 Å². The van der Waals surface area contributed by atoms with Crippen molar-refractivity contribution in [1.29, 1.82) is 0 Å². The maximum atomic E-state index is 12.6. The molecule has 0 saturated heterocycles. The number of carbonyl (C=O) groups is 1. The van der Waals surface area contributed by atoms with Crippen molar-refractivity contribution in [2.75, 3.05) is 5.32 Å². The molecule has 3 N–H and O–H groups in total. The molecule has 0 fully saturated rings. The van der Waals surface area contributed by atoms with Gasteiger partial charge in [-0.15, -0.1) is 0 Å². The van der Waals surface area contributed by atoms with E-state index >= 15 is 0 Å². The van der Waals surface area contributed by atoms with Gasteiger partial charge in [0.05, 0.1) is 41.7 Å². The summed E-state index contributed by atoms with van der Waals surface area (Å²) in [6.07, 6.45) is 6.06. The summed E-state index contributed by atoms with van der Waals surface area (Å²) in [5.74, 6) is -0.397. The van der Waals surface area contributed by atoms with Crippen molar-refractivity contribution < 1.29 is 9.90 Å². The number of anilines is 1. The molecule has 0 aliphatic carbocycles. The first kappa shape index (κ1) is 15.2. The summed E-state index contributed by atoms with van der Waals surface area (Å²) in [7, 11) is 0. The van der Waals surface area contributed by atoms with E-state index in [1.54, 1.807) is 30.6 Å². The molecule has 0 radical (unpaired) electrons. The number of phenolic OH excluding ortho intramolecular Hbond substituents is 1. The predicted octanol–water partition coefficient (Wildman–Crippen LogP) is 2.73. The van der Waals surface area contributed by atoms with Gasteiger partial charge in [-0.2, -0.15) is 10.2 Å². The highest BCUT2D eigenvalue weighted by molar-refractivity contribution is 6.31. The van der Waals surface area contributed by atoms with Gasteiger partial charge in [0.15, 0.2) is 0 Å². The monoisotopic (exact) mass is 354 g/mol. The first-order valence-electron chi connectivity index (χ1n) is 7.25. The Hall–Kier alpha value is -3.39. The van der Waals surface area contributed by atoms with Crippen LogP contribution in [0.25, 0.3) is 16.8 Å². The second-order valence-electron chi connectivity index (χ2n) is 5.23. The Morgan fingerprint density at radius 3 is 3.00 bits per heavy atom. The molecule has 8 nitrogen and oxygen atoms in total. The summed E-state index contributed by atoms with van der Waals surface area (Å²) >= 11 is 5.99. The normalized spacial score (nSPS) is 10.9. The van der Waals surface area contributed by atoms with Crippen LogP contribution in [-0.4, -0.2) is 35.8 Å². The maximum Gasteiger partial charge on any atom is 0.276 e. The number of hydrogen-bond acceptors (Lipinski definition) is 5. The SMILES string of the molecule is O=C(Nc1cn[nH]c1-c1cc(Cl)ccc1O)c1cncc2ccnn12. The smallest absolute Gasteiger partial charge is 0.276 e. The molecule has 0 spiro atoms. The van der Waals surface area contributed by atoms with E-state index in [9.17, 15) is 9.90 Å². The third-order valence-corrected chi connectivity index (χ3v) is 3.89. The van der Waals surface area contributed by atoms with Crippen LogP contribution in [0.2, 0.25) is 5.02 Å². The molecule has 4 aromatic rings. The van der Waals surface area contributed by atoms with E-state index in [0.717, 1.165) is 0 Å². The minimum absolute atomic E-state index is 0.0139. The van der Waals surface area contributed by atoms with E-state index in [4.69, 9.17) is 11.6 Å². The van der Waals surface area contributed by atoms with Crippen LogP contribution in [-0.2, 0) is 0 Å². The first-order valence-corrected chi connectivity index (χ1v) is 7.62. The molecule has 9 heteroatoms. The average molecular weight is 355 g/mol. The summed E-state index contributed by atoms with van der Waals surface area (Å²) < 4.78 is 1.49. The molecule has 4 rings (SSSR count). The minimum atomic E-state index is -0.411. The lowest BCUT2D eigenvalue weighted by Gasteiger charge is -2.08. The number of hydrogen-bond donors (Lipinski definition) is 3. The molecule has 0 atom stereocenters. The van der Waals surface area contributed by atoms with Crippen LogP contribution in [0, 0.1) is 0 Å². The largest absolute Gasteiger partial charge is 0.507 e. The fourth-order valence-electron chi connectivity index (χ4n) is 2.49. The number of nitrogens with one attached hydrogen (secondary N) is 2. The van der Waals surface area contributed by atoms with E-state index in [1.807, 2.05) is 0 Å². The fraction of sp³-hybridized carbons (Fsp3) is 0. The molecule has 0 saturated carbocycles. The lowest BCUT2D eigenvalue weighted by molar-refractivity contribution is 0.101. The number of halogens is 1. The average Bonchev–Trinajstić information content (AvgIpc) is 3.25. The number of amides is 1. The summed E-state index contributed by atoms with van der Waals surface area (Å²) in [6.45, 7) is 0. The van der Waals surface area contributed by atoms with Crippen molar-refractivity contribution in [3.05, 3.63) is 59.8 Å². The van der Waals surface area contributed by atoms with Crippen molar-refractivity contribution in [3.63, 3.8) is 0 Å². The fourth-order valence-corrected chi connectivity index (χ4v) is 2.66. The van der Waals surface area contributed by atoms with Gasteiger partial charge in [-0.3, -0.25) is 14.9 Å². The molecule has 25 heavy (non-hydrogen) atoms. The zero-order valence-corrected chi connectivity index (χ0v) is 13.4. The van der Waals surface area contributed by atoms with Gasteiger partial charge in [-0.1, -0.05) is 11.6 Å². The van der Waals surface area contributed by atoms with Gasteiger partial charge in [-0.25, -0.2) is 4.52 Å². The van der Waals surface area contributed by atoms with Crippen LogP contribution < -0.4 is 5.32 Å². The highest BCUT2D eigenvalue weighted by Gasteiger charge is 2.17. The van der Waals surface area contributed by atoms with Gasteiger partial charge in [0.1, 0.15) is 11.4 Å². The number of aromatic amines is 1. The highest BCUT2D eigenvalue weighted by atomic mass is 35.5. The van der Waals surface area contributed by atoms with Crippen LogP contribution in [0.15, 0.2) is 49.1 Å². The molecule has 0 unspecified atom stereocenters. The van der Waals surface area contributed by atoms with Gasteiger partial charge in [0.2, 0.25) is 0 Å². The third-order valence-electron chi connectivity index (χ3n) is 3.65. The summed E-state index contributed by atoms with van der Waals surface area (Å²) in [5.41, 5.74) is 2.23. The molecule has 124 valence electrons. The Kier molecular flexibility index (Phi) is 3.58. The van der Waals surface area contributed by atoms with Crippen molar-refractivity contribution in [1.82, 2.24) is 24.8 Å². The molecule has 0 aliphatic rings. The van der Waals surface area contributed by atoms with Crippen LogP contribution in [0.1, 0.15) is 10.5 Å². The number of fused-ring (bicyclic) bond motifs is 1. The highest BCUT2D eigenvalue weighted by Crippen LogP contribution is 2.34. The van der Waals surface area contributed by atoms with Gasteiger partial charge in [0.25, 0.3) is 5.91 Å². The van der Waals surface area contributed by atoms with Gasteiger partial charge in [-0.05, 0) is 24.3 Å². The lowest BCUT2D eigenvalue weighted by Crippen LogP contribution is -2.17. The van der Waals surface area contributed by atoms with E-state index in [0.29, 0.717) is 27.5 Å². The molecule has 3 heterocycles. The second-order valence-corrected chi connectivity index (χ2v) is 5.67. The van der Waals surface area contributed by atoms with Gasteiger partial charge in [0, 0.05) is 10.6 Å². The van der Waals surface area contributed by atoms with Crippen LogP contribution in [0.5, 0.6) is 5.75 Å². The topological polar surface area (TPSA) is 108 Å². The molecular formula is C16H11ClN6O2. The van der Waals surface area contributed by atoms with Crippen molar-refractivity contribution in [2.45, 2.75) is 0 Å². The number of carbonyl (C=O) groups excluding carboxylic acids is 1. The molecule has 0 bridgehead atoms. The molecular weight excluding hydrogens is 344 g/mol. The summed E-state index contributed by atoms with van der Waals surface area (Å²) in [5, 5.41) is 24.1. The van der Waals surface area contributed by atoms with Crippen LogP contribution >= 0.6 is 11.6 Å². The Morgan fingerprint density at radius 2 is 2.12 bits per heavy atom. The lowest BCUT2D eigenvalue weighted by atomic mass is 10.1. The van der Waals surface area contributed by atoms with Gasteiger partial charge < -0.3 is 10.4 Å². The first-order chi connectivity index (χ1) is 12.1. The Morgan fingerprint density at radius 1 is 1.24 bits per heavy atom. The molecule has 3 aromatic heterocycles. The maximum absolute atomic E-state index is 12.6. The quantitative estimate of drug-likeness (QED) is 0.524. The number of nitrogens with zero attached hydrogens (tertiary/aromatic N) is 4. The van der Waals surface area contributed by atoms with Crippen molar-refractivity contribution in [3.8, 4) is 17.0 Å². The minimum Gasteiger partial charge on any atom is -0.507 e. The Bertz CT molecular complexity index is 1090. The van der Waals surface area contributed by atoms with E-state index < -0.39 is 5.91 Å². The Labute approximate surface area is 146 Å². The van der Waals surface area contributed by atoms with E-state index in [2.05, 4.69) is 25.6 Å². The Balaban J connectivity index is 1.71. The third kappa shape index (κ3) is 2.68. The zero-order valence-electron chi connectivity index (χ0n) is 12.6. The predicted molar refractivity (Wildman–Crippen MR) is 91.6 cm³/mol. The number of benzene rings is 1. The van der Waals surface area contributed by atoms with Crippen LogP contribution in [0.3, 0.4) is 0 Å².